The highest BCUT2D eigenvalue weighted by atomic mass is 32.1. The summed E-state index contributed by atoms with van der Waals surface area (Å²) in [6.07, 6.45) is 2.20. The van der Waals surface area contributed by atoms with Gasteiger partial charge in [-0.15, -0.1) is 11.3 Å². The molecule has 1 aliphatic rings. The lowest BCUT2D eigenvalue weighted by Gasteiger charge is -2.34. The first-order valence-corrected chi connectivity index (χ1v) is 8.09. The number of rotatable bonds is 4. The molecule has 0 aliphatic carbocycles. The van der Waals surface area contributed by atoms with Crippen molar-refractivity contribution in [3.8, 4) is 11.1 Å². The van der Waals surface area contributed by atoms with Gasteiger partial charge in [0.1, 0.15) is 0 Å². The number of thiophene rings is 1. The van der Waals surface area contributed by atoms with Crippen molar-refractivity contribution in [2.75, 3.05) is 13.2 Å². The molecule has 1 fully saturated rings. The Morgan fingerprint density at radius 2 is 1.90 bits per heavy atom. The predicted molar refractivity (Wildman–Crippen MR) is 85.1 cm³/mol. The van der Waals surface area contributed by atoms with E-state index in [0.29, 0.717) is 0 Å². The molecule has 0 radical (unpaired) electrons. The molecule has 0 amide bonds. The summed E-state index contributed by atoms with van der Waals surface area (Å²) >= 11 is 1.84. The van der Waals surface area contributed by atoms with E-state index in [1.807, 2.05) is 11.3 Å². The van der Waals surface area contributed by atoms with Crippen molar-refractivity contribution in [2.45, 2.75) is 31.8 Å². The van der Waals surface area contributed by atoms with Crippen LogP contribution < -0.4 is 5.32 Å². The fraction of sp³-hybridized carbons (Fsp3) is 0.412. The standard InChI is InChI=1S/C17H21NOS/c1-17(7-9-19-10-8-17)18-12-16-11-15(13-20-16)14-5-3-2-4-6-14/h2-6,11,13,18H,7-10,12H2,1H3. The van der Waals surface area contributed by atoms with E-state index in [1.165, 1.54) is 16.0 Å². The van der Waals surface area contributed by atoms with Crippen molar-refractivity contribution in [2.24, 2.45) is 0 Å². The fourth-order valence-corrected chi connectivity index (χ4v) is 3.39. The molecule has 1 aliphatic heterocycles. The molecule has 1 aromatic carbocycles. The normalized spacial score (nSPS) is 18.1. The average Bonchev–Trinajstić information content (AvgIpc) is 2.96. The Morgan fingerprint density at radius 3 is 2.65 bits per heavy atom. The Hall–Kier alpha value is -1.16. The number of hydrogen-bond donors (Lipinski definition) is 1. The lowest BCUT2D eigenvalue weighted by molar-refractivity contribution is 0.0447. The minimum absolute atomic E-state index is 0.231. The molecule has 2 nitrogen and oxygen atoms in total. The maximum atomic E-state index is 5.44. The van der Waals surface area contributed by atoms with Crippen LogP contribution >= 0.6 is 11.3 Å². The van der Waals surface area contributed by atoms with Crippen LogP contribution in [-0.2, 0) is 11.3 Å². The van der Waals surface area contributed by atoms with Crippen molar-refractivity contribution in [3.05, 3.63) is 46.7 Å². The molecule has 2 aromatic rings. The van der Waals surface area contributed by atoms with Gasteiger partial charge in [-0.3, -0.25) is 0 Å². The number of nitrogens with one attached hydrogen (secondary N) is 1. The highest BCUT2D eigenvalue weighted by Crippen LogP contribution is 2.26. The largest absolute Gasteiger partial charge is 0.381 e. The molecule has 1 saturated heterocycles. The molecular formula is C17H21NOS. The third-order valence-corrected chi connectivity index (χ3v) is 4.98. The van der Waals surface area contributed by atoms with Crippen LogP contribution in [0, 0.1) is 0 Å². The molecule has 2 heterocycles. The van der Waals surface area contributed by atoms with Gasteiger partial charge in [0.25, 0.3) is 0 Å². The summed E-state index contributed by atoms with van der Waals surface area (Å²) < 4.78 is 5.44. The van der Waals surface area contributed by atoms with E-state index < -0.39 is 0 Å². The van der Waals surface area contributed by atoms with E-state index in [2.05, 4.69) is 54.0 Å². The zero-order chi connectivity index (χ0) is 13.8. The van der Waals surface area contributed by atoms with Crippen molar-refractivity contribution < 1.29 is 4.74 Å². The van der Waals surface area contributed by atoms with Gasteiger partial charge in [0.2, 0.25) is 0 Å². The van der Waals surface area contributed by atoms with Crippen LogP contribution in [0.5, 0.6) is 0 Å². The summed E-state index contributed by atoms with van der Waals surface area (Å²) in [5.74, 6) is 0. The van der Waals surface area contributed by atoms with Crippen molar-refractivity contribution >= 4 is 11.3 Å². The molecule has 20 heavy (non-hydrogen) atoms. The molecule has 0 bridgehead atoms. The van der Waals surface area contributed by atoms with E-state index in [9.17, 15) is 0 Å². The summed E-state index contributed by atoms with van der Waals surface area (Å²) in [6, 6.07) is 12.9. The van der Waals surface area contributed by atoms with Gasteiger partial charge in [-0.1, -0.05) is 30.3 Å². The zero-order valence-electron chi connectivity index (χ0n) is 11.9. The van der Waals surface area contributed by atoms with Gasteiger partial charge in [0.15, 0.2) is 0 Å². The quantitative estimate of drug-likeness (QED) is 0.915. The van der Waals surface area contributed by atoms with E-state index in [1.54, 1.807) is 0 Å². The number of benzene rings is 1. The summed E-state index contributed by atoms with van der Waals surface area (Å²) in [4.78, 5) is 1.40. The first-order chi connectivity index (χ1) is 9.75. The second-order valence-corrected chi connectivity index (χ2v) is 6.69. The average molecular weight is 287 g/mol. The Balaban J connectivity index is 1.63. The first kappa shape index (κ1) is 13.8. The van der Waals surface area contributed by atoms with Crippen LogP contribution in [0.2, 0.25) is 0 Å². The van der Waals surface area contributed by atoms with Crippen LogP contribution in [-0.4, -0.2) is 18.8 Å². The third-order valence-electron chi connectivity index (χ3n) is 4.05. The van der Waals surface area contributed by atoms with E-state index in [0.717, 1.165) is 32.6 Å². The van der Waals surface area contributed by atoms with Crippen molar-refractivity contribution in [1.82, 2.24) is 5.32 Å². The zero-order valence-corrected chi connectivity index (χ0v) is 12.7. The maximum absolute atomic E-state index is 5.44. The predicted octanol–water partition coefficient (Wildman–Crippen LogP) is 4.07. The summed E-state index contributed by atoms with van der Waals surface area (Å²) in [5.41, 5.74) is 2.85. The Kier molecular flexibility index (Phi) is 4.20. The van der Waals surface area contributed by atoms with Crippen LogP contribution in [0.1, 0.15) is 24.6 Å². The molecular weight excluding hydrogens is 266 g/mol. The van der Waals surface area contributed by atoms with Crippen LogP contribution in [0.15, 0.2) is 41.8 Å². The monoisotopic (exact) mass is 287 g/mol. The molecule has 0 unspecified atom stereocenters. The summed E-state index contributed by atoms with van der Waals surface area (Å²) in [6.45, 7) is 5.02. The van der Waals surface area contributed by atoms with Gasteiger partial charge in [-0.05, 0) is 42.3 Å². The fourth-order valence-electron chi connectivity index (χ4n) is 2.55. The van der Waals surface area contributed by atoms with Gasteiger partial charge in [-0.25, -0.2) is 0 Å². The molecule has 3 heteroatoms. The SMILES string of the molecule is CC1(NCc2cc(-c3ccccc3)cs2)CCOCC1. The van der Waals surface area contributed by atoms with Gasteiger partial charge < -0.3 is 10.1 Å². The molecule has 0 spiro atoms. The molecule has 106 valence electrons. The summed E-state index contributed by atoms with van der Waals surface area (Å²) in [5, 5.41) is 5.96. The molecule has 1 aromatic heterocycles. The molecule has 1 N–H and O–H groups in total. The number of ether oxygens (including phenoxy) is 1. The van der Waals surface area contributed by atoms with Crippen LogP contribution in [0.25, 0.3) is 11.1 Å². The summed E-state index contributed by atoms with van der Waals surface area (Å²) in [7, 11) is 0. The highest BCUT2D eigenvalue weighted by molar-refractivity contribution is 7.10. The van der Waals surface area contributed by atoms with Crippen molar-refractivity contribution in [3.63, 3.8) is 0 Å². The lowest BCUT2D eigenvalue weighted by atomic mass is 9.92. The topological polar surface area (TPSA) is 21.3 Å². The Bertz CT molecular complexity index is 543. The lowest BCUT2D eigenvalue weighted by Crippen LogP contribution is -2.46. The van der Waals surface area contributed by atoms with Gasteiger partial charge in [0, 0.05) is 30.2 Å². The van der Waals surface area contributed by atoms with Crippen molar-refractivity contribution in [1.29, 1.82) is 0 Å². The Labute approximate surface area is 124 Å². The van der Waals surface area contributed by atoms with Gasteiger partial charge >= 0.3 is 0 Å². The van der Waals surface area contributed by atoms with E-state index in [4.69, 9.17) is 4.74 Å². The van der Waals surface area contributed by atoms with Crippen LogP contribution in [0.4, 0.5) is 0 Å². The third kappa shape index (κ3) is 3.29. The smallest absolute Gasteiger partial charge is 0.0483 e. The Morgan fingerprint density at radius 1 is 1.15 bits per heavy atom. The molecule has 0 saturated carbocycles. The highest BCUT2D eigenvalue weighted by Gasteiger charge is 2.26. The second kappa shape index (κ2) is 6.08. The van der Waals surface area contributed by atoms with E-state index >= 15 is 0 Å². The van der Waals surface area contributed by atoms with Crippen LogP contribution in [0.3, 0.4) is 0 Å². The first-order valence-electron chi connectivity index (χ1n) is 7.21. The maximum Gasteiger partial charge on any atom is 0.0483 e. The minimum atomic E-state index is 0.231. The van der Waals surface area contributed by atoms with Gasteiger partial charge in [0.05, 0.1) is 0 Å². The molecule has 0 atom stereocenters. The molecule has 3 rings (SSSR count). The van der Waals surface area contributed by atoms with E-state index in [-0.39, 0.29) is 5.54 Å². The second-order valence-electron chi connectivity index (χ2n) is 5.69. The van der Waals surface area contributed by atoms with Gasteiger partial charge in [-0.2, -0.15) is 0 Å². The minimum Gasteiger partial charge on any atom is -0.381 e. The number of hydrogen-bond acceptors (Lipinski definition) is 3.